The highest BCUT2D eigenvalue weighted by atomic mass is 32.2. The summed E-state index contributed by atoms with van der Waals surface area (Å²) in [6, 6.07) is 8.14. The fourth-order valence-corrected chi connectivity index (χ4v) is 6.36. The minimum atomic E-state index is -4.66. The quantitative estimate of drug-likeness (QED) is 0.288. The van der Waals surface area contributed by atoms with Crippen LogP contribution in [0.15, 0.2) is 52.3 Å². The molecule has 37 heavy (non-hydrogen) atoms. The normalized spacial score (nSPS) is 20.3. The number of thioether (sulfide) groups is 1. The molecule has 1 aliphatic carbocycles. The van der Waals surface area contributed by atoms with Gasteiger partial charge in [-0.15, -0.1) is 11.8 Å². The molecular formula is C24H29F3N4O4S2. The summed E-state index contributed by atoms with van der Waals surface area (Å²) in [7, 11) is -3.63. The Morgan fingerprint density at radius 1 is 1.11 bits per heavy atom. The first-order valence-corrected chi connectivity index (χ1v) is 14.3. The van der Waals surface area contributed by atoms with Gasteiger partial charge < -0.3 is 22.1 Å². The number of benzene rings is 2. The zero-order valence-electron chi connectivity index (χ0n) is 20.0. The van der Waals surface area contributed by atoms with Crippen LogP contribution < -0.4 is 22.1 Å². The van der Waals surface area contributed by atoms with Crippen molar-refractivity contribution in [2.45, 2.75) is 47.3 Å². The van der Waals surface area contributed by atoms with E-state index in [-0.39, 0.29) is 22.4 Å². The van der Waals surface area contributed by atoms with Crippen molar-refractivity contribution < 1.29 is 31.2 Å². The van der Waals surface area contributed by atoms with E-state index in [9.17, 15) is 31.2 Å². The van der Waals surface area contributed by atoms with Gasteiger partial charge in [0.05, 0.1) is 28.3 Å². The Morgan fingerprint density at radius 2 is 1.78 bits per heavy atom. The van der Waals surface area contributed by atoms with Crippen molar-refractivity contribution in [1.82, 2.24) is 10.6 Å². The molecule has 1 saturated carbocycles. The van der Waals surface area contributed by atoms with Crippen molar-refractivity contribution in [3.8, 4) is 0 Å². The van der Waals surface area contributed by atoms with E-state index in [1.54, 1.807) is 24.3 Å². The topological polar surface area (TPSA) is 144 Å². The maximum Gasteiger partial charge on any atom is 0.416 e. The molecule has 0 unspecified atom stereocenters. The van der Waals surface area contributed by atoms with Crippen LogP contribution in [0.5, 0.6) is 0 Å². The third kappa shape index (κ3) is 7.62. The Kier molecular flexibility index (Phi) is 9.13. The summed E-state index contributed by atoms with van der Waals surface area (Å²) < 4.78 is 65.0. The number of amides is 2. The molecule has 0 aliphatic heterocycles. The number of alkyl halides is 3. The van der Waals surface area contributed by atoms with E-state index in [0.29, 0.717) is 25.3 Å². The van der Waals surface area contributed by atoms with Crippen LogP contribution in [-0.2, 0) is 20.8 Å². The molecule has 3 rings (SSSR count). The molecule has 0 heterocycles. The van der Waals surface area contributed by atoms with Crippen molar-refractivity contribution in [2.24, 2.45) is 11.7 Å². The van der Waals surface area contributed by atoms with Crippen LogP contribution in [-0.4, -0.2) is 50.9 Å². The first-order valence-electron chi connectivity index (χ1n) is 11.5. The second-order valence-electron chi connectivity index (χ2n) is 8.95. The molecule has 6 N–H and O–H groups in total. The van der Waals surface area contributed by atoms with Gasteiger partial charge in [0.2, 0.25) is 5.91 Å². The van der Waals surface area contributed by atoms with E-state index in [4.69, 9.17) is 11.5 Å². The first kappa shape index (κ1) is 28.8. The minimum absolute atomic E-state index is 0.167. The van der Waals surface area contributed by atoms with Crippen LogP contribution in [0.1, 0.15) is 35.2 Å². The minimum Gasteiger partial charge on any atom is -0.398 e. The summed E-state index contributed by atoms with van der Waals surface area (Å²) in [5.41, 5.74) is 10.1. The zero-order chi connectivity index (χ0) is 27.4. The molecule has 3 atom stereocenters. The molecule has 2 aromatic carbocycles. The summed E-state index contributed by atoms with van der Waals surface area (Å²) >= 11 is 1.50. The fraction of sp³-hybridized carbons (Fsp3) is 0.417. The molecule has 0 spiro atoms. The Morgan fingerprint density at radius 3 is 2.41 bits per heavy atom. The lowest BCUT2D eigenvalue weighted by molar-refractivity contribution is -0.137. The van der Waals surface area contributed by atoms with Gasteiger partial charge in [-0.25, -0.2) is 8.42 Å². The monoisotopic (exact) mass is 558 g/mol. The van der Waals surface area contributed by atoms with Crippen molar-refractivity contribution in [3.63, 3.8) is 0 Å². The number of sulfone groups is 1. The summed E-state index contributed by atoms with van der Waals surface area (Å²) in [5, 5.41) is 5.01. The zero-order valence-corrected chi connectivity index (χ0v) is 21.7. The van der Waals surface area contributed by atoms with Gasteiger partial charge in [-0.1, -0.05) is 0 Å². The van der Waals surface area contributed by atoms with Crippen molar-refractivity contribution in [2.75, 3.05) is 24.3 Å². The molecule has 0 aromatic heterocycles. The highest BCUT2D eigenvalue weighted by Crippen LogP contribution is 2.31. The average Bonchev–Trinajstić information content (AvgIpc) is 2.83. The van der Waals surface area contributed by atoms with Crippen LogP contribution in [0, 0.1) is 5.92 Å². The molecule has 2 aromatic rings. The third-order valence-corrected chi connectivity index (χ3v) is 8.87. The first-order chi connectivity index (χ1) is 17.3. The van der Waals surface area contributed by atoms with E-state index < -0.39 is 57.5 Å². The van der Waals surface area contributed by atoms with Gasteiger partial charge in [-0.2, -0.15) is 13.2 Å². The SMILES string of the molecule is CSc1ccc(S(=O)(=O)C[C@H]2CC[C@H](N)C[C@@H]2NC(=O)CNC(=O)c2cc(C(F)(F)F)ccc2N)cc1. The van der Waals surface area contributed by atoms with Crippen LogP contribution in [0.3, 0.4) is 0 Å². The maximum absolute atomic E-state index is 13.0. The number of carbonyl (C=O) groups excluding carboxylic acids is 2. The molecule has 0 radical (unpaired) electrons. The van der Waals surface area contributed by atoms with Crippen molar-refractivity contribution in [3.05, 3.63) is 53.6 Å². The Balaban J connectivity index is 1.64. The van der Waals surface area contributed by atoms with Crippen molar-refractivity contribution in [1.29, 1.82) is 0 Å². The highest BCUT2D eigenvalue weighted by molar-refractivity contribution is 7.98. The van der Waals surface area contributed by atoms with Gasteiger partial charge in [-0.05, 0) is 73.9 Å². The van der Waals surface area contributed by atoms with Crippen LogP contribution in [0.2, 0.25) is 0 Å². The van der Waals surface area contributed by atoms with Crippen LogP contribution >= 0.6 is 11.8 Å². The van der Waals surface area contributed by atoms with E-state index in [0.717, 1.165) is 17.0 Å². The Labute approximate surface area is 217 Å². The molecule has 1 aliphatic rings. The van der Waals surface area contributed by atoms with Gasteiger partial charge in [0.1, 0.15) is 0 Å². The molecule has 13 heteroatoms. The van der Waals surface area contributed by atoms with Gasteiger partial charge in [-0.3, -0.25) is 9.59 Å². The lowest BCUT2D eigenvalue weighted by atomic mass is 9.83. The number of rotatable bonds is 8. The Bertz CT molecular complexity index is 1240. The predicted molar refractivity (Wildman–Crippen MR) is 136 cm³/mol. The molecule has 202 valence electrons. The largest absolute Gasteiger partial charge is 0.416 e. The second kappa shape index (κ2) is 11.7. The number of nitrogens with two attached hydrogens (primary N) is 2. The van der Waals surface area contributed by atoms with Crippen LogP contribution in [0.4, 0.5) is 18.9 Å². The van der Waals surface area contributed by atoms with E-state index in [1.165, 1.54) is 11.8 Å². The molecule has 2 amide bonds. The molecular weight excluding hydrogens is 529 g/mol. The number of anilines is 1. The molecule has 0 bridgehead atoms. The summed E-state index contributed by atoms with van der Waals surface area (Å²) in [6.07, 6.45) is -1.33. The van der Waals surface area contributed by atoms with Gasteiger partial charge in [0.25, 0.3) is 5.91 Å². The summed E-state index contributed by atoms with van der Waals surface area (Å²) in [6.45, 7) is -0.532. The number of hydrogen-bond donors (Lipinski definition) is 4. The standard InChI is InChI=1S/C24H29F3N4O4S2/c1-36-17-5-7-18(8-6-17)37(34,35)13-14-2-4-16(28)11-21(14)31-22(32)12-30-23(33)19-10-15(24(25,26)27)3-9-20(19)29/h3,5-10,14,16,21H,2,4,11-13,28-29H2,1H3,(H,30,33)(H,31,32)/t14-,16+,21+/m1/s1. The second-order valence-corrected chi connectivity index (χ2v) is 11.9. The predicted octanol–water partition coefficient (Wildman–Crippen LogP) is 2.83. The maximum atomic E-state index is 13.0. The van der Waals surface area contributed by atoms with Gasteiger partial charge in [0.15, 0.2) is 9.84 Å². The third-order valence-electron chi connectivity index (χ3n) is 6.27. The smallest absolute Gasteiger partial charge is 0.398 e. The average molecular weight is 559 g/mol. The number of nitrogens with one attached hydrogen (secondary N) is 2. The number of carbonyl (C=O) groups is 2. The molecule has 8 nitrogen and oxygen atoms in total. The Hall–Kier alpha value is -2.77. The number of nitrogen functional groups attached to an aromatic ring is 1. The number of hydrogen-bond acceptors (Lipinski definition) is 7. The summed E-state index contributed by atoms with van der Waals surface area (Å²) in [4.78, 5) is 26.1. The lowest BCUT2D eigenvalue weighted by Crippen LogP contribution is -2.51. The number of halogens is 3. The molecule has 1 fully saturated rings. The van der Waals surface area contributed by atoms with Crippen LogP contribution in [0.25, 0.3) is 0 Å². The van der Waals surface area contributed by atoms with Gasteiger partial charge in [0, 0.05) is 22.7 Å². The lowest BCUT2D eigenvalue weighted by Gasteiger charge is -2.35. The van der Waals surface area contributed by atoms with Crippen molar-refractivity contribution >= 4 is 39.1 Å². The molecule has 0 saturated heterocycles. The van der Waals surface area contributed by atoms with E-state index >= 15 is 0 Å². The van der Waals surface area contributed by atoms with Gasteiger partial charge >= 0.3 is 6.18 Å². The van der Waals surface area contributed by atoms with E-state index in [2.05, 4.69) is 10.6 Å². The van der Waals surface area contributed by atoms with E-state index in [1.807, 2.05) is 6.26 Å². The highest BCUT2D eigenvalue weighted by Gasteiger charge is 2.34. The fourth-order valence-electron chi connectivity index (χ4n) is 4.25. The summed E-state index contributed by atoms with van der Waals surface area (Å²) in [5.74, 6) is -2.14.